The van der Waals surface area contributed by atoms with Crippen LogP contribution in [0.25, 0.3) is 0 Å². The van der Waals surface area contributed by atoms with Crippen LogP contribution < -0.4 is 4.74 Å². The van der Waals surface area contributed by atoms with Crippen LogP contribution in [0.1, 0.15) is 27.8 Å². The summed E-state index contributed by atoms with van der Waals surface area (Å²) < 4.78 is 85.6. The molecule has 3 nitrogen and oxygen atoms in total. The summed E-state index contributed by atoms with van der Waals surface area (Å²) in [5.41, 5.74) is -3.97. The van der Waals surface area contributed by atoms with Crippen molar-refractivity contribution in [3.05, 3.63) is 101 Å². The first-order valence-corrected chi connectivity index (χ1v) is 11.2. The van der Waals surface area contributed by atoms with E-state index in [1.165, 1.54) is 13.8 Å². The van der Waals surface area contributed by atoms with E-state index in [0.717, 1.165) is 11.1 Å². The van der Waals surface area contributed by atoms with E-state index in [4.69, 9.17) is 4.74 Å². The lowest BCUT2D eigenvalue weighted by Crippen LogP contribution is -2.54. The van der Waals surface area contributed by atoms with Crippen molar-refractivity contribution in [3.8, 4) is 5.75 Å². The molecule has 0 heterocycles. The Hall–Kier alpha value is -3.04. The number of ether oxygens (including phenoxy) is 1. The molecule has 0 unspecified atom stereocenters. The largest absolute Gasteiger partial charge is 0.492 e. The lowest BCUT2D eigenvalue weighted by molar-refractivity contribution is -0.376. The van der Waals surface area contributed by atoms with Gasteiger partial charge in [0.15, 0.2) is 0 Å². The van der Waals surface area contributed by atoms with Crippen LogP contribution in [0.2, 0.25) is 0 Å². The molecule has 0 aliphatic rings. The van der Waals surface area contributed by atoms with E-state index in [1.54, 1.807) is 0 Å². The number of aliphatic hydroxyl groups is 1. The fourth-order valence-corrected chi connectivity index (χ4v) is 4.05. The molecule has 9 heteroatoms. The summed E-state index contributed by atoms with van der Waals surface area (Å²) in [4.78, 5) is 2.13. The summed E-state index contributed by atoms with van der Waals surface area (Å²) in [7, 11) is 0. The number of hydrogen-bond donors (Lipinski definition) is 1. The highest BCUT2D eigenvalue weighted by molar-refractivity contribution is 5.46. The molecule has 0 amide bonds. The molecule has 1 N–H and O–H groups in total. The smallest absolute Gasteiger partial charge is 0.430 e. The van der Waals surface area contributed by atoms with Crippen molar-refractivity contribution in [1.82, 2.24) is 4.90 Å². The standard InChI is InChI=1S/C27H27F6NO2/c1-19-15-23(25(35,26(28,29)30)27(31,32)33)16-20(2)24(19)36-14-13-34(17-21-9-5-3-6-10-21)18-22-11-7-4-8-12-22/h3-12,15-16,35H,13-14,17-18H2,1-2H3. The minimum Gasteiger partial charge on any atom is -0.492 e. The van der Waals surface area contributed by atoms with Gasteiger partial charge in [0.25, 0.3) is 5.60 Å². The molecule has 0 saturated heterocycles. The zero-order chi connectivity index (χ0) is 26.6. The maximum atomic E-state index is 13.3. The Balaban J connectivity index is 1.78. The van der Waals surface area contributed by atoms with Gasteiger partial charge < -0.3 is 9.84 Å². The molecule has 0 radical (unpaired) electrons. The third kappa shape index (κ3) is 6.20. The third-order valence-corrected chi connectivity index (χ3v) is 5.85. The van der Waals surface area contributed by atoms with E-state index in [9.17, 15) is 31.4 Å². The van der Waals surface area contributed by atoms with Crippen molar-refractivity contribution >= 4 is 0 Å². The molecule has 3 aromatic rings. The number of aryl methyl sites for hydroxylation is 2. The van der Waals surface area contributed by atoms with Gasteiger partial charge in [-0.15, -0.1) is 0 Å². The van der Waals surface area contributed by atoms with Crippen LogP contribution in [0.3, 0.4) is 0 Å². The normalized spacial score (nSPS) is 12.7. The van der Waals surface area contributed by atoms with Gasteiger partial charge in [0.1, 0.15) is 12.4 Å². The van der Waals surface area contributed by atoms with E-state index in [2.05, 4.69) is 4.90 Å². The average Bonchev–Trinajstić information content (AvgIpc) is 2.80. The molecular weight excluding hydrogens is 484 g/mol. The predicted molar refractivity (Wildman–Crippen MR) is 124 cm³/mol. The fourth-order valence-electron chi connectivity index (χ4n) is 4.05. The van der Waals surface area contributed by atoms with Crippen molar-refractivity contribution in [3.63, 3.8) is 0 Å². The summed E-state index contributed by atoms with van der Waals surface area (Å²) in [6.07, 6.45) is -11.9. The summed E-state index contributed by atoms with van der Waals surface area (Å²) in [5, 5.41) is 9.73. The molecule has 0 atom stereocenters. The highest BCUT2D eigenvalue weighted by Crippen LogP contribution is 2.50. The average molecular weight is 512 g/mol. The van der Waals surface area contributed by atoms with Crippen LogP contribution in [-0.4, -0.2) is 35.5 Å². The SMILES string of the molecule is Cc1cc(C(O)(C(F)(F)F)C(F)(F)F)cc(C)c1OCCN(Cc1ccccc1)Cc1ccccc1. The van der Waals surface area contributed by atoms with Gasteiger partial charge in [0, 0.05) is 25.2 Å². The van der Waals surface area contributed by atoms with Crippen molar-refractivity contribution < 1.29 is 36.2 Å². The lowest BCUT2D eigenvalue weighted by atomic mass is 9.89. The van der Waals surface area contributed by atoms with Crippen LogP contribution in [0.15, 0.2) is 72.8 Å². The summed E-state index contributed by atoms with van der Waals surface area (Å²) in [6.45, 7) is 4.57. The molecule has 0 bridgehead atoms. The van der Waals surface area contributed by atoms with E-state index in [0.29, 0.717) is 31.8 Å². The quantitative estimate of drug-likeness (QED) is 0.325. The molecule has 0 fully saturated rings. The van der Waals surface area contributed by atoms with Crippen molar-refractivity contribution in [2.24, 2.45) is 0 Å². The van der Waals surface area contributed by atoms with Crippen molar-refractivity contribution in [2.75, 3.05) is 13.2 Å². The molecule has 0 saturated carbocycles. The maximum absolute atomic E-state index is 13.3. The number of alkyl halides is 6. The van der Waals surface area contributed by atoms with Crippen LogP contribution in [0, 0.1) is 13.8 Å². The number of benzene rings is 3. The van der Waals surface area contributed by atoms with E-state index >= 15 is 0 Å². The maximum Gasteiger partial charge on any atom is 0.430 e. The van der Waals surface area contributed by atoms with Gasteiger partial charge in [-0.3, -0.25) is 4.90 Å². The monoisotopic (exact) mass is 511 g/mol. The minimum absolute atomic E-state index is 0.0644. The number of rotatable bonds is 9. The van der Waals surface area contributed by atoms with E-state index < -0.39 is 23.5 Å². The molecule has 0 spiro atoms. The number of halogens is 6. The first-order valence-electron chi connectivity index (χ1n) is 11.2. The second-order valence-electron chi connectivity index (χ2n) is 8.68. The van der Waals surface area contributed by atoms with Crippen molar-refractivity contribution in [1.29, 1.82) is 0 Å². The number of hydrogen-bond acceptors (Lipinski definition) is 3. The van der Waals surface area contributed by atoms with Gasteiger partial charge >= 0.3 is 12.4 Å². The van der Waals surface area contributed by atoms with Crippen molar-refractivity contribution in [2.45, 2.75) is 44.9 Å². The predicted octanol–water partition coefficient (Wildman–Crippen LogP) is 6.70. The highest BCUT2D eigenvalue weighted by atomic mass is 19.4. The summed E-state index contributed by atoms with van der Waals surface area (Å²) in [5.74, 6) is 0.185. The molecule has 0 aliphatic carbocycles. The third-order valence-electron chi connectivity index (χ3n) is 5.85. The van der Waals surface area contributed by atoms with Crippen LogP contribution in [0.5, 0.6) is 5.75 Å². The molecule has 0 aliphatic heterocycles. The molecule has 3 aromatic carbocycles. The van der Waals surface area contributed by atoms with Gasteiger partial charge in [-0.1, -0.05) is 60.7 Å². The number of nitrogens with zero attached hydrogens (tertiary/aromatic N) is 1. The Morgan fingerprint density at radius 3 is 1.53 bits per heavy atom. The summed E-state index contributed by atoms with van der Waals surface area (Å²) >= 11 is 0. The fraction of sp³-hybridized carbons (Fsp3) is 0.333. The highest BCUT2D eigenvalue weighted by Gasteiger charge is 2.71. The minimum atomic E-state index is -5.94. The van der Waals surface area contributed by atoms with E-state index in [-0.39, 0.29) is 23.5 Å². The lowest BCUT2D eigenvalue weighted by Gasteiger charge is -2.33. The first-order chi connectivity index (χ1) is 16.8. The van der Waals surface area contributed by atoms with Gasteiger partial charge in [0.05, 0.1) is 0 Å². The molecular formula is C27H27F6NO2. The summed E-state index contributed by atoms with van der Waals surface area (Å²) in [6, 6.07) is 20.9. The Morgan fingerprint density at radius 2 is 1.14 bits per heavy atom. The van der Waals surface area contributed by atoms with Crippen LogP contribution in [0.4, 0.5) is 26.3 Å². The zero-order valence-corrected chi connectivity index (χ0v) is 19.8. The molecule has 0 aromatic heterocycles. The van der Waals surface area contributed by atoms with Gasteiger partial charge in [-0.2, -0.15) is 26.3 Å². The second-order valence-corrected chi connectivity index (χ2v) is 8.68. The molecule has 36 heavy (non-hydrogen) atoms. The van der Waals surface area contributed by atoms with Crippen LogP contribution in [-0.2, 0) is 18.7 Å². The Morgan fingerprint density at radius 1 is 0.722 bits per heavy atom. The van der Waals surface area contributed by atoms with Gasteiger partial charge in [-0.25, -0.2) is 0 Å². The molecule has 3 rings (SSSR count). The Kier molecular flexibility index (Phi) is 8.36. The second kappa shape index (κ2) is 10.9. The topological polar surface area (TPSA) is 32.7 Å². The van der Waals surface area contributed by atoms with Gasteiger partial charge in [-0.05, 0) is 48.2 Å². The Bertz CT molecular complexity index is 1050. The Labute approximate surface area is 205 Å². The van der Waals surface area contributed by atoms with Gasteiger partial charge in [0.2, 0.25) is 0 Å². The zero-order valence-electron chi connectivity index (χ0n) is 19.8. The van der Waals surface area contributed by atoms with Crippen LogP contribution >= 0.6 is 0 Å². The molecule has 194 valence electrons. The van der Waals surface area contributed by atoms with E-state index in [1.807, 2.05) is 60.7 Å². The first kappa shape index (κ1) is 27.5.